The van der Waals surface area contributed by atoms with Crippen molar-refractivity contribution in [2.24, 2.45) is 0 Å². The maximum atomic E-state index is 12.6. The van der Waals surface area contributed by atoms with Crippen LogP contribution in [0.5, 0.6) is 0 Å². The summed E-state index contributed by atoms with van der Waals surface area (Å²) >= 11 is 7.22. The van der Waals surface area contributed by atoms with Crippen LogP contribution in [0.15, 0.2) is 47.6 Å². The lowest BCUT2D eigenvalue weighted by atomic mass is 10.1. The second-order valence-electron chi connectivity index (χ2n) is 5.79. The first-order valence-corrected chi connectivity index (χ1v) is 9.04. The third-order valence-electron chi connectivity index (χ3n) is 3.80. The molecule has 1 heterocycles. The van der Waals surface area contributed by atoms with Crippen LogP contribution in [0.2, 0.25) is 5.02 Å². The van der Waals surface area contributed by atoms with Crippen molar-refractivity contribution in [1.29, 1.82) is 0 Å². The minimum Gasteiger partial charge on any atom is -0.293 e. The predicted octanol–water partition coefficient (Wildman–Crippen LogP) is 4.30. The van der Waals surface area contributed by atoms with Crippen LogP contribution in [0.4, 0.5) is 0 Å². The summed E-state index contributed by atoms with van der Waals surface area (Å²) in [6.07, 6.45) is 0. The molecule has 1 unspecified atom stereocenters. The number of carbonyl (C=O) groups is 1. The van der Waals surface area contributed by atoms with Crippen molar-refractivity contribution in [3.8, 4) is 5.69 Å². The normalized spacial score (nSPS) is 12.2. The highest BCUT2D eigenvalue weighted by atomic mass is 35.5. The number of nitrogens with zero attached hydrogens (tertiary/aromatic N) is 4. The summed E-state index contributed by atoms with van der Waals surface area (Å²) in [7, 11) is 0. The maximum Gasteiger partial charge on any atom is 0.214 e. The first-order valence-electron chi connectivity index (χ1n) is 7.78. The molecule has 0 saturated carbocycles. The van der Waals surface area contributed by atoms with Crippen molar-refractivity contribution >= 4 is 29.1 Å². The van der Waals surface area contributed by atoms with E-state index in [2.05, 4.69) is 21.6 Å². The fourth-order valence-electron chi connectivity index (χ4n) is 2.51. The van der Waals surface area contributed by atoms with Crippen LogP contribution in [-0.4, -0.2) is 31.2 Å². The number of ketones is 1. The van der Waals surface area contributed by atoms with Crippen LogP contribution < -0.4 is 0 Å². The van der Waals surface area contributed by atoms with Gasteiger partial charge in [0.05, 0.1) is 10.9 Å². The molecule has 0 aliphatic carbocycles. The van der Waals surface area contributed by atoms with Gasteiger partial charge in [-0.3, -0.25) is 4.79 Å². The van der Waals surface area contributed by atoms with Gasteiger partial charge in [-0.1, -0.05) is 41.1 Å². The van der Waals surface area contributed by atoms with Gasteiger partial charge in [-0.25, -0.2) is 0 Å². The van der Waals surface area contributed by atoms with Crippen LogP contribution in [0.25, 0.3) is 5.69 Å². The molecule has 7 heteroatoms. The van der Waals surface area contributed by atoms with Gasteiger partial charge in [0.2, 0.25) is 5.16 Å². The topological polar surface area (TPSA) is 60.7 Å². The standard InChI is InChI=1S/C18H17ClN4OS/c1-11-4-9-16(12(2)10-11)23-18(20-21-22-23)25-13(3)17(24)14-5-7-15(19)8-6-14/h4-10,13H,1-3H3. The molecule has 1 aromatic heterocycles. The van der Waals surface area contributed by atoms with Gasteiger partial charge >= 0.3 is 0 Å². The van der Waals surface area contributed by atoms with E-state index in [4.69, 9.17) is 11.6 Å². The second kappa shape index (κ2) is 7.37. The van der Waals surface area contributed by atoms with Gasteiger partial charge in [0.1, 0.15) is 0 Å². The summed E-state index contributed by atoms with van der Waals surface area (Å²) in [4.78, 5) is 12.6. The molecular weight excluding hydrogens is 356 g/mol. The largest absolute Gasteiger partial charge is 0.293 e. The van der Waals surface area contributed by atoms with E-state index in [1.165, 1.54) is 17.3 Å². The first-order chi connectivity index (χ1) is 12.0. The van der Waals surface area contributed by atoms with Gasteiger partial charge < -0.3 is 0 Å². The number of benzene rings is 2. The Morgan fingerprint density at radius 2 is 1.88 bits per heavy atom. The Morgan fingerprint density at radius 1 is 1.16 bits per heavy atom. The zero-order valence-corrected chi connectivity index (χ0v) is 15.7. The Bertz CT molecular complexity index is 908. The minimum atomic E-state index is -0.323. The third kappa shape index (κ3) is 3.91. The highest BCUT2D eigenvalue weighted by Crippen LogP contribution is 2.27. The molecule has 5 nitrogen and oxygen atoms in total. The molecule has 0 spiro atoms. The van der Waals surface area contributed by atoms with Crippen molar-refractivity contribution in [3.05, 3.63) is 64.2 Å². The summed E-state index contributed by atoms with van der Waals surface area (Å²) in [5.41, 5.74) is 3.78. The molecule has 0 bridgehead atoms. The molecule has 128 valence electrons. The minimum absolute atomic E-state index is 0.0110. The lowest BCUT2D eigenvalue weighted by Crippen LogP contribution is -2.14. The fourth-order valence-corrected chi connectivity index (χ4v) is 3.51. The summed E-state index contributed by atoms with van der Waals surface area (Å²) in [6.45, 7) is 5.91. The average Bonchev–Trinajstić information content (AvgIpc) is 3.02. The highest BCUT2D eigenvalue weighted by Gasteiger charge is 2.21. The smallest absolute Gasteiger partial charge is 0.214 e. The Morgan fingerprint density at radius 3 is 2.56 bits per heavy atom. The quantitative estimate of drug-likeness (QED) is 0.493. The monoisotopic (exact) mass is 372 g/mol. The number of hydrogen-bond acceptors (Lipinski definition) is 5. The van der Waals surface area contributed by atoms with E-state index >= 15 is 0 Å². The number of rotatable bonds is 5. The fraction of sp³-hybridized carbons (Fsp3) is 0.222. The number of aromatic nitrogens is 4. The molecule has 3 aromatic rings. The number of aryl methyl sites for hydroxylation is 2. The van der Waals surface area contributed by atoms with E-state index in [1.54, 1.807) is 28.9 Å². The summed E-state index contributed by atoms with van der Waals surface area (Å²) in [6, 6.07) is 13.0. The lowest BCUT2D eigenvalue weighted by Gasteiger charge is -2.12. The van der Waals surface area contributed by atoms with E-state index in [1.807, 2.05) is 32.9 Å². The number of hydrogen-bond donors (Lipinski definition) is 0. The molecule has 0 amide bonds. The number of tetrazole rings is 1. The summed E-state index contributed by atoms with van der Waals surface area (Å²) < 4.78 is 1.67. The average molecular weight is 373 g/mol. The van der Waals surface area contributed by atoms with Gasteiger partial charge in [0.25, 0.3) is 0 Å². The van der Waals surface area contributed by atoms with E-state index in [-0.39, 0.29) is 11.0 Å². The molecule has 0 radical (unpaired) electrons. The number of thioether (sulfide) groups is 1. The van der Waals surface area contributed by atoms with E-state index in [0.29, 0.717) is 15.7 Å². The molecule has 0 fully saturated rings. The van der Waals surface area contributed by atoms with Crippen LogP contribution in [0, 0.1) is 13.8 Å². The molecule has 0 aliphatic heterocycles. The molecule has 25 heavy (non-hydrogen) atoms. The molecule has 1 atom stereocenters. The van der Waals surface area contributed by atoms with Crippen molar-refractivity contribution in [1.82, 2.24) is 20.2 Å². The van der Waals surface area contributed by atoms with E-state index < -0.39 is 0 Å². The van der Waals surface area contributed by atoms with Gasteiger partial charge in [0.15, 0.2) is 5.78 Å². The maximum absolute atomic E-state index is 12.6. The summed E-state index contributed by atoms with van der Waals surface area (Å²) in [5, 5.41) is 12.8. The van der Waals surface area contributed by atoms with Crippen LogP contribution in [0.3, 0.4) is 0 Å². The Hall–Kier alpha value is -2.18. The number of halogens is 1. The molecular formula is C18H17ClN4OS. The Kier molecular flexibility index (Phi) is 5.20. The number of carbonyl (C=O) groups excluding carboxylic acids is 1. The zero-order chi connectivity index (χ0) is 18.0. The van der Waals surface area contributed by atoms with E-state index in [0.717, 1.165) is 11.3 Å². The van der Waals surface area contributed by atoms with Crippen LogP contribution >= 0.6 is 23.4 Å². The number of Topliss-reactive ketones (excluding diaryl/α,β-unsaturated/α-hetero) is 1. The Balaban J connectivity index is 1.83. The molecule has 0 saturated heterocycles. The highest BCUT2D eigenvalue weighted by molar-refractivity contribution is 8.00. The molecule has 0 N–H and O–H groups in total. The molecule has 0 aliphatic rings. The van der Waals surface area contributed by atoms with Crippen molar-refractivity contribution < 1.29 is 4.79 Å². The SMILES string of the molecule is Cc1ccc(-n2nnnc2SC(C)C(=O)c2ccc(Cl)cc2)c(C)c1. The van der Waals surface area contributed by atoms with Crippen molar-refractivity contribution in [3.63, 3.8) is 0 Å². The third-order valence-corrected chi connectivity index (χ3v) is 5.09. The van der Waals surface area contributed by atoms with E-state index in [9.17, 15) is 4.79 Å². The predicted molar refractivity (Wildman–Crippen MR) is 99.7 cm³/mol. The van der Waals surface area contributed by atoms with Gasteiger partial charge in [-0.2, -0.15) is 4.68 Å². The lowest BCUT2D eigenvalue weighted by molar-refractivity contribution is 0.0994. The van der Waals surface area contributed by atoms with Crippen LogP contribution in [0.1, 0.15) is 28.4 Å². The zero-order valence-electron chi connectivity index (χ0n) is 14.1. The van der Waals surface area contributed by atoms with Crippen molar-refractivity contribution in [2.75, 3.05) is 0 Å². The van der Waals surface area contributed by atoms with Crippen LogP contribution in [-0.2, 0) is 0 Å². The summed E-state index contributed by atoms with van der Waals surface area (Å²) in [5.74, 6) is 0.0110. The molecule has 3 rings (SSSR count). The Labute approximate surface area is 155 Å². The first kappa shape index (κ1) is 17.6. The second-order valence-corrected chi connectivity index (χ2v) is 7.54. The van der Waals surface area contributed by atoms with Gasteiger partial charge in [-0.05, 0) is 67.1 Å². The molecule has 2 aromatic carbocycles. The van der Waals surface area contributed by atoms with Crippen molar-refractivity contribution in [2.45, 2.75) is 31.2 Å². The van der Waals surface area contributed by atoms with Gasteiger partial charge in [0, 0.05) is 10.6 Å². The van der Waals surface area contributed by atoms with Gasteiger partial charge in [-0.15, -0.1) is 5.10 Å².